The molecule has 0 amide bonds. The third-order valence-electron chi connectivity index (χ3n) is 6.83. The van der Waals surface area contributed by atoms with Crippen molar-refractivity contribution in [1.29, 1.82) is 0 Å². The number of rotatable bonds is 15. The highest BCUT2D eigenvalue weighted by atomic mass is 15.2. The zero-order chi connectivity index (χ0) is 23.3. The van der Waals surface area contributed by atoms with Crippen LogP contribution in [0.2, 0.25) is 0 Å². The van der Waals surface area contributed by atoms with Crippen molar-refractivity contribution < 1.29 is 4.57 Å². The van der Waals surface area contributed by atoms with E-state index in [9.17, 15) is 0 Å². The van der Waals surface area contributed by atoms with E-state index in [1.54, 1.807) is 0 Å². The molecule has 1 atom stereocenters. The van der Waals surface area contributed by atoms with E-state index in [2.05, 4.69) is 96.8 Å². The zero-order valence-corrected chi connectivity index (χ0v) is 21.3. The standard InChI is InChI=1S/C31H45N2/c1-4-6-7-8-9-10-17-23-32-26-30(24-27(3)29-20-15-12-16-21-29)33(22-5-2)31(32)25-28-18-13-11-14-19-28/h11-16,18-21,26-27H,4-10,17,22-25H2,1-3H3/q+1. The Balaban J connectivity index is 1.78. The average molecular weight is 446 g/mol. The van der Waals surface area contributed by atoms with Gasteiger partial charge in [-0.15, -0.1) is 0 Å². The first-order valence-electron chi connectivity index (χ1n) is 13.4. The maximum atomic E-state index is 2.63. The molecule has 0 saturated heterocycles. The predicted molar refractivity (Wildman–Crippen MR) is 141 cm³/mol. The molecular weight excluding hydrogens is 400 g/mol. The summed E-state index contributed by atoms with van der Waals surface area (Å²) in [5.41, 5.74) is 4.33. The molecule has 0 bridgehead atoms. The molecule has 3 aromatic rings. The fraction of sp³-hybridized carbons (Fsp3) is 0.516. The molecule has 0 N–H and O–H groups in total. The van der Waals surface area contributed by atoms with Gasteiger partial charge in [-0.25, -0.2) is 9.13 Å². The van der Waals surface area contributed by atoms with E-state index < -0.39 is 0 Å². The zero-order valence-electron chi connectivity index (χ0n) is 21.3. The molecule has 0 aliphatic heterocycles. The Labute approximate surface area is 202 Å². The Morgan fingerprint density at radius 1 is 0.758 bits per heavy atom. The molecule has 2 nitrogen and oxygen atoms in total. The number of aryl methyl sites for hydroxylation is 1. The first-order valence-corrected chi connectivity index (χ1v) is 13.4. The number of unbranched alkanes of at least 4 members (excludes halogenated alkanes) is 6. The highest BCUT2D eigenvalue weighted by Gasteiger charge is 2.24. The van der Waals surface area contributed by atoms with Gasteiger partial charge in [-0.05, 0) is 36.3 Å². The molecule has 1 heterocycles. The van der Waals surface area contributed by atoms with Gasteiger partial charge < -0.3 is 0 Å². The molecule has 2 heteroatoms. The number of aromatic nitrogens is 2. The summed E-state index contributed by atoms with van der Waals surface area (Å²) in [5, 5.41) is 0. The van der Waals surface area contributed by atoms with Crippen molar-refractivity contribution in [2.75, 3.05) is 0 Å². The van der Waals surface area contributed by atoms with Gasteiger partial charge in [0.05, 0.1) is 19.5 Å². The Morgan fingerprint density at radius 2 is 1.39 bits per heavy atom. The topological polar surface area (TPSA) is 8.81 Å². The monoisotopic (exact) mass is 445 g/mol. The SMILES string of the molecule is CCCCCCCCCn1cc(CC(C)c2ccccc2)[n+](CCC)c1Cc1ccccc1. The average Bonchev–Trinajstić information content (AvgIpc) is 3.15. The van der Waals surface area contributed by atoms with Crippen LogP contribution in [0.25, 0.3) is 0 Å². The van der Waals surface area contributed by atoms with Crippen LogP contribution in [0.5, 0.6) is 0 Å². The van der Waals surface area contributed by atoms with Crippen LogP contribution in [-0.4, -0.2) is 4.57 Å². The molecule has 0 saturated carbocycles. The van der Waals surface area contributed by atoms with Crippen molar-refractivity contribution in [1.82, 2.24) is 4.57 Å². The van der Waals surface area contributed by atoms with Gasteiger partial charge in [-0.1, -0.05) is 114 Å². The Bertz CT molecular complexity index is 911. The number of nitrogens with zero attached hydrogens (tertiary/aromatic N) is 2. The molecular formula is C31H45N2+. The number of imidazole rings is 1. The van der Waals surface area contributed by atoms with Crippen LogP contribution in [0, 0.1) is 0 Å². The van der Waals surface area contributed by atoms with Crippen LogP contribution in [-0.2, 0) is 25.9 Å². The van der Waals surface area contributed by atoms with Gasteiger partial charge in [0.2, 0.25) is 0 Å². The van der Waals surface area contributed by atoms with Crippen molar-refractivity contribution in [3.63, 3.8) is 0 Å². The van der Waals surface area contributed by atoms with Gasteiger partial charge in [0, 0.05) is 6.42 Å². The summed E-state index contributed by atoms with van der Waals surface area (Å²) in [6, 6.07) is 22.0. The first kappa shape index (κ1) is 25.3. The summed E-state index contributed by atoms with van der Waals surface area (Å²) in [6.07, 6.45) is 15.3. The summed E-state index contributed by atoms with van der Waals surface area (Å²) in [6.45, 7) is 9.21. The summed E-state index contributed by atoms with van der Waals surface area (Å²) in [5.74, 6) is 2.00. The number of benzene rings is 2. The van der Waals surface area contributed by atoms with Crippen molar-refractivity contribution in [3.05, 3.63) is 89.5 Å². The second-order valence-electron chi connectivity index (χ2n) is 9.68. The first-order chi connectivity index (χ1) is 16.2. The minimum absolute atomic E-state index is 0.522. The number of hydrogen-bond acceptors (Lipinski definition) is 0. The second kappa shape index (κ2) is 14.0. The Kier molecular flexibility index (Phi) is 10.7. The lowest BCUT2D eigenvalue weighted by Gasteiger charge is -2.11. The summed E-state index contributed by atoms with van der Waals surface area (Å²) in [4.78, 5) is 0. The molecule has 0 radical (unpaired) electrons. The molecule has 178 valence electrons. The third kappa shape index (κ3) is 7.88. The lowest BCUT2D eigenvalue weighted by atomic mass is 9.96. The fourth-order valence-corrected chi connectivity index (χ4v) is 4.93. The van der Waals surface area contributed by atoms with Crippen molar-refractivity contribution in [3.8, 4) is 0 Å². The van der Waals surface area contributed by atoms with Crippen molar-refractivity contribution in [2.45, 2.75) is 104 Å². The second-order valence-corrected chi connectivity index (χ2v) is 9.68. The summed E-state index contributed by atoms with van der Waals surface area (Å²) < 4.78 is 5.22. The normalized spacial score (nSPS) is 12.2. The van der Waals surface area contributed by atoms with E-state index in [0.717, 1.165) is 25.9 Å². The third-order valence-corrected chi connectivity index (χ3v) is 6.83. The summed E-state index contributed by atoms with van der Waals surface area (Å²) in [7, 11) is 0. The maximum absolute atomic E-state index is 2.63. The molecule has 0 aliphatic carbocycles. The van der Waals surface area contributed by atoms with E-state index in [0.29, 0.717) is 5.92 Å². The van der Waals surface area contributed by atoms with E-state index in [-0.39, 0.29) is 0 Å². The molecule has 0 aliphatic rings. The Hall–Kier alpha value is -2.35. The Morgan fingerprint density at radius 3 is 2.06 bits per heavy atom. The summed E-state index contributed by atoms with van der Waals surface area (Å²) >= 11 is 0. The van der Waals surface area contributed by atoms with Crippen LogP contribution in [0.15, 0.2) is 66.9 Å². The highest BCUT2D eigenvalue weighted by Crippen LogP contribution is 2.21. The molecule has 1 unspecified atom stereocenters. The van der Waals surface area contributed by atoms with Crippen LogP contribution in [0.3, 0.4) is 0 Å². The van der Waals surface area contributed by atoms with Crippen molar-refractivity contribution >= 4 is 0 Å². The quantitative estimate of drug-likeness (QED) is 0.166. The van der Waals surface area contributed by atoms with Crippen LogP contribution in [0.1, 0.15) is 101 Å². The van der Waals surface area contributed by atoms with E-state index in [1.807, 2.05) is 0 Å². The molecule has 0 fully saturated rings. The predicted octanol–water partition coefficient (Wildman–Crippen LogP) is 7.87. The largest absolute Gasteiger partial charge is 0.261 e. The molecule has 3 rings (SSSR count). The minimum atomic E-state index is 0.522. The van der Waals surface area contributed by atoms with Crippen LogP contribution in [0.4, 0.5) is 0 Å². The van der Waals surface area contributed by atoms with Crippen LogP contribution >= 0.6 is 0 Å². The molecule has 33 heavy (non-hydrogen) atoms. The minimum Gasteiger partial charge on any atom is -0.234 e. The van der Waals surface area contributed by atoms with Crippen molar-refractivity contribution in [2.24, 2.45) is 0 Å². The molecule has 0 spiro atoms. The van der Waals surface area contributed by atoms with E-state index >= 15 is 0 Å². The van der Waals surface area contributed by atoms with Gasteiger partial charge >= 0.3 is 0 Å². The van der Waals surface area contributed by atoms with Gasteiger partial charge in [-0.3, -0.25) is 0 Å². The van der Waals surface area contributed by atoms with E-state index in [1.165, 1.54) is 74.0 Å². The fourth-order valence-electron chi connectivity index (χ4n) is 4.93. The van der Waals surface area contributed by atoms with Gasteiger partial charge in [-0.2, -0.15) is 0 Å². The van der Waals surface area contributed by atoms with Gasteiger partial charge in [0.15, 0.2) is 0 Å². The molecule has 1 aromatic heterocycles. The van der Waals surface area contributed by atoms with Gasteiger partial charge in [0.25, 0.3) is 5.82 Å². The maximum Gasteiger partial charge on any atom is 0.261 e. The smallest absolute Gasteiger partial charge is 0.234 e. The van der Waals surface area contributed by atoms with Gasteiger partial charge in [0.1, 0.15) is 11.9 Å². The lowest BCUT2D eigenvalue weighted by Crippen LogP contribution is -2.41. The van der Waals surface area contributed by atoms with Crippen LogP contribution < -0.4 is 4.57 Å². The highest BCUT2D eigenvalue weighted by molar-refractivity contribution is 5.21. The van der Waals surface area contributed by atoms with E-state index in [4.69, 9.17) is 0 Å². The number of hydrogen-bond donors (Lipinski definition) is 0. The molecule has 2 aromatic carbocycles. The lowest BCUT2D eigenvalue weighted by molar-refractivity contribution is -0.710.